The van der Waals surface area contributed by atoms with Gasteiger partial charge >= 0.3 is 0 Å². The van der Waals surface area contributed by atoms with Crippen LogP contribution < -0.4 is 5.32 Å². The van der Waals surface area contributed by atoms with Gasteiger partial charge in [0.1, 0.15) is 0 Å². The first-order chi connectivity index (χ1) is 11.5. The first-order valence-electron chi connectivity index (χ1n) is 9.21. The number of hydrogen-bond acceptors (Lipinski definition) is 3. The Bertz CT molecular complexity index is 435. The number of nitrogens with one attached hydrogen (secondary N) is 1. The maximum absolute atomic E-state index is 10.5. The zero-order chi connectivity index (χ0) is 18.4. The van der Waals surface area contributed by atoms with E-state index in [2.05, 4.69) is 32.2 Å². The second-order valence-electron chi connectivity index (χ2n) is 6.40. The Kier molecular flexibility index (Phi) is 13.3. The Morgan fingerprint density at radius 3 is 2.42 bits per heavy atom. The quantitative estimate of drug-likeness (QED) is 0.261. The number of unbranched alkanes of at least 4 members (excludes halogenated alkanes) is 1. The predicted octanol–water partition coefficient (Wildman–Crippen LogP) is 5.20. The smallest absolute Gasteiger partial charge is 0.0940 e. The summed E-state index contributed by atoms with van der Waals surface area (Å²) in [7, 11) is 0. The van der Waals surface area contributed by atoms with Crippen molar-refractivity contribution in [2.24, 2.45) is 0 Å². The number of allylic oxidation sites excluding steroid dienone is 5. The molecular formula is C21H37NO2. The molecule has 0 bridgehead atoms. The lowest BCUT2D eigenvalue weighted by atomic mass is 9.98. The number of hydrogen-bond donors (Lipinski definition) is 3. The first kappa shape index (κ1) is 22.7. The topological polar surface area (TPSA) is 52.5 Å². The lowest BCUT2D eigenvalue weighted by molar-refractivity contribution is 0.164. The van der Waals surface area contributed by atoms with Crippen LogP contribution in [0.4, 0.5) is 0 Å². The zero-order valence-electron chi connectivity index (χ0n) is 16.1. The van der Waals surface area contributed by atoms with Gasteiger partial charge in [-0.15, -0.1) is 0 Å². The number of aliphatic hydroxyl groups is 2. The van der Waals surface area contributed by atoms with Crippen molar-refractivity contribution in [2.75, 3.05) is 0 Å². The van der Waals surface area contributed by atoms with E-state index in [1.807, 2.05) is 26.0 Å². The van der Waals surface area contributed by atoms with E-state index in [0.717, 1.165) is 24.7 Å². The molecule has 3 nitrogen and oxygen atoms in total. The lowest BCUT2D eigenvalue weighted by Gasteiger charge is -2.25. The van der Waals surface area contributed by atoms with Crippen LogP contribution in [0.2, 0.25) is 0 Å². The number of rotatable bonds is 12. The van der Waals surface area contributed by atoms with E-state index in [9.17, 15) is 5.11 Å². The molecule has 3 N–H and O–H groups in total. The largest absolute Gasteiger partial charge is 0.516 e. The van der Waals surface area contributed by atoms with Crippen LogP contribution >= 0.6 is 0 Å². The van der Waals surface area contributed by atoms with E-state index >= 15 is 0 Å². The summed E-state index contributed by atoms with van der Waals surface area (Å²) in [5.41, 5.74) is 2.31. The highest BCUT2D eigenvalue weighted by molar-refractivity contribution is 5.28. The third kappa shape index (κ3) is 9.74. The van der Waals surface area contributed by atoms with Gasteiger partial charge in [-0.3, -0.25) is 0 Å². The second kappa shape index (κ2) is 14.1. The van der Waals surface area contributed by atoms with E-state index in [1.54, 1.807) is 6.08 Å². The first-order valence-corrected chi connectivity index (χ1v) is 9.21. The maximum Gasteiger partial charge on any atom is 0.0940 e. The minimum absolute atomic E-state index is 0.0563. The maximum atomic E-state index is 10.5. The normalized spacial score (nSPS) is 17.6. The SMILES string of the molecule is CC=C(CCCC)CCC(C)NC(C)C(O)C(/C=C\C)=C/C=C/O. The van der Waals surface area contributed by atoms with E-state index in [4.69, 9.17) is 5.11 Å². The van der Waals surface area contributed by atoms with Gasteiger partial charge < -0.3 is 15.5 Å². The highest BCUT2D eigenvalue weighted by Gasteiger charge is 2.18. The summed E-state index contributed by atoms with van der Waals surface area (Å²) in [6.45, 7) is 10.4. The fraction of sp³-hybridized carbons (Fsp3) is 0.619. The Labute approximate surface area is 148 Å². The van der Waals surface area contributed by atoms with Gasteiger partial charge in [0, 0.05) is 12.1 Å². The molecule has 0 saturated heterocycles. The molecule has 0 aromatic heterocycles. The standard InChI is InChI=1S/C21H37NO2/c1-6-9-12-19(8-3)15-14-17(4)22-18(5)21(24)20(11-7-2)13-10-16-23/h7-8,10-11,13,16-18,21-24H,6,9,12,14-15H2,1-5H3/b11-7-,16-10+,19-8?,20-13+. The number of aliphatic hydroxyl groups excluding tert-OH is 2. The van der Waals surface area contributed by atoms with Gasteiger partial charge in [0.2, 0.25) is 0 Å². The summed E-state index contributed by atoms with van der Waals surface area (Å²) in [4.78, 5) is 0. The Hall–Kier alpha value is -1.32. The second-order valence-corrected chi connectivity index (χ2v) is 6.40. The van der Waals surface area contributed by atoms with E-state index in [-0.39, 0.29) is 6.04 Å². The van der Waals surface area contributed by atoms with Crippen molar-refractivity contribution in [3.63, 3.8) is 0 Å². The van der Waals surface area contributed by atoms with Crippen molar-refractivity contribution >= 4 is 0 Å². The molecule has 0 aromatic rings. The summed E-state index contributed by atoms with van der Waals surface area (Å²) in [5, 5.41) is 22.8. The van der Waals surface area contributed by atoms with Crippen molar-refractivity contribution in [1.29, 1.82) is 0 Å². The van der Waals surface area contributed by atoms with Crippen LogP contribution in [-0.2, 0) is 0 Å². The summed E-state index contributed by atoms with van der Waals surface area (Å²) in [5.74, 6) is 0. The zero-order valence-corrected chi connectivity index (χ0v) is 16.1. The molecule has 0 aliphatic heterocycles. The third-order valence-electron chi connectivity index (χ3n) is 4.25. The Morgan fingerprint density at radius 2 is 1.88 bits per heavy atom. The van der Waals surface area contributed by atoms with E-state index in [0.29, 0.717) is 6.04 Å². The molecule has 3 unspecified atom stereocenters. The van der Waals surface area contributed by atoms with Crippen LogP contribution in [0.3, 0.4) is 0 Å². The molecular weight excluding hydrogens is 298 g/mol. The minimum Gasteiger partial charge on any atom is -0.516 e. The fourth-order valence-corrected chi connectivity index (χ4v) is 2.73. The van der Waals surface area contributed by atoms with Crippen LogP contribution in [-0.4, -0.2) is 28.4 Å². The predicted molar refractivity (Wildman–Crippen MR) is 105 cm³/mol. The van der Waals surface area contributed by atoms with Crippen LogP contribution in [0.15, 0.2) is 47.8 Å². The molecule has 24 heavy (non-hydrogen) atoms. The van der Waals surface area contributed by atoms with Crippen molar-refractivity contribution < 1.29 is 10.2 Å². The third-order valence-corrected chi connectivity index (χ3v) is 4.25. The Balaban J connectivity index is 4.53. The summed E-state index contributed by atoms with van der Waals surface area (Å²) in [6, 6.07) is 0.283. The molecule has 0 rings (SSSR count). The van der Waals surface area contributed by atoms with Crippen molar-refractivity contribution in [3.8, 4) is 0 Å². The van der Waals surface area contributed by atoms with Gasteiger partial charge in [0.05, 0.1) is 12.4 Å². The fourth-order valence-electron chi connectivity index (χ4n) is 2.73. The molecule has 0 fully saturated rings. The van der Waals surface area contributed by atoms with Crippen LogP contribution in [0.5, 0.6) is 0 Å². The summed E-state index contributed by atoms with van der Waals surface area (Å²) in [6.07, 6.45) is 15.5. The van der Waals surface area contributed by atoms with Gasteiger partial charge in [0.25, 0.3) is 0 Å². The molecule has 0 amide bonds. The molecule has 0 saturated carbocycles. The Morgan fingerprint density at radius 1 is 1.17 bits per heavy atom. The molecule has 3 atom stereocenters. The van der Waals surface area contributed by atoms with E-state index < -0.39 is 6.10 Å². The van der Waals surface area contributed by atoms with E-state index in [1.165, 1.54) is 30.9 Å². The molecule has 3 heteroatoms. The highest BCUT2D eigenvalue weighted by atomic mass is 16.3. The van der Waals surface area contributed by atoms with Gasteiger partial charge in [0.15, 0.2) is 0 Å². The van der Waals surface area contributed by atoms with Crippen molar-refractivity contribution in [3.05, 3.63) is 47.8 Å². The highest BCUT2D eigenvalue weighted by Crippen LogP contribution is 2.16. The molecule has 0 aliphatic rings. The van der Waals surface area contributed by atoms with Crippen molar-refractivity contribution in [1.82, 2.24) is 5.32 Å². The van der Waals surface area contributed by atoms with Crippen molar-refractivity contribution in [2.45, 2.75) is 84.9 Å². The molecule has 0 radical (unpaired) electrons. The molecule has 0 spiro atoms. The van der Waals surface area contributed by atoms with Crippen LogP contribution in [0.1, 0.15) is 66.7 Å². The van der Waals surface area contributed by atoms with Crippen LogP contribution in [0, 0.1) is 0 Å². The average molecular weight is 336 g/mol. The monoisotopic (exact) mass is 335 g/mol. The summed E-state index contributed by atoms with van der Waals surface area (Å²) >= 11 is 0. The molecule has 138 valence electrons. The van der Waals surface area contributed by atoms with Gasteiger partial charge in [-0.25, -0.2) is 0 Å². The molecule has 0 aliphatic carbocycles. The molecule has 0 heterocycles. The van der Waals surface area contributed by atoms with Gasteiger partial charge in [-0.1, -0.05) is 43.2 Å². The van der Waals surface area contributed by atoms with Gasteiger partial charge in [-0.05, 0) is 65.0 Å². The summed E-state index contributed by atoms with van der Waals surface area (Å²) < 4.78 is 0. The van der Waals surface area contributed by atoms with Crippen LogP contribution in [0.25, 0.3) is 0 Å². The molecule has 0 aromatic carbocycles. The van der Waals surface area contributed by atoms with Gasteiger partial charge in [-0.2, -0.15) is 0 Å². The lowest BCUT2D eigenvalue weighted by Crippen LogP contribution is -2.43. The average Bonchev–Trinajstić information content (AvgIpc) is 2.58. The minimum atomic E-state index is -0.610.